The number of aryl methyl sites for hydroxylation is 1. The van der Waals surface area contributed by atoms with Gasteiger partial charge in [0.1, 0.15) is 0 Å². The third-order valence-corrected chi connectivity index (χ3v) is 8.02. The predicted molar refractivity (Wildman–Crippen MR) is 212 cm³/mol. The Morgan fingerprint density at radius 3 is 2.21 bits per heavy atom. The number of ether oxygens (including phenoxy) is 1. The monoisotopic (exact) mass is 662 g/mol. The number of rotatable bonds is 14. The highest BCUT2D eigenvalue weighted by Crippen LogP contribution is 2.41. The summed E-state index contributed by atoms with van der Waals surface area (Å²) in [5.41, 5.74) is 11.1. The SMILES string of the molecule is C/C=C(\C=C/CC)N(N)C(C)=C(C)C.CC/C=C(\Nc1cc(C(C)(C)C)cc(NSC)c1OC)c1ccc(C)c(N(C)/C=C\NC)c1. The second-order valence-electron chi connectivity index (χ2n) is 12.5. The molecule has 0 saturated carbocycles. The molecule has 0 aliphatic rings. The lowest BCUT2D eigenvalue weighted by molar-refractivity contribution is 0.418. The fraction of sp³-hybridized carbons (Fsp3) is 0.436. The molecular weight excluding hydrogens is 601 g/mol. The number of anilines is 3. The highest BCUT2D eigenvalue weighted by Gasteiger charge is 2.20. The second kappa shape index (κ2) is 20.5. The Morgan fingerprint density at radius 2 is 1.70 bits per heavy atom. The second-order valence-corrected chi connectivity index (χ2v) is 13.1. The third kappa shape index (κ3) is 12.8. The van der Waals surface area contributed by atoms with Crippen molar-refractivity contribution in [2.24, 2.45) is 5.84 Å². The Labute approximate surface area is 291 Å². The average Bonchev–Trinajstić information content (AvgIpc) is 3.03. The molecule has 5 N–H and O–H groups in total. The van der Waals surface area contributed by atoms with Crippen LogP contribution < -0.4 is 30.8 Å². The Kier molecular flexibility index (Phi) is 18.0. The molecule has 0 fully saturated rings. The number of allylic oxidation sites excluding steroid dienone is 6. The molecule has 0 amide bonds. The molecule has 47 heavy (non-hydrogen) atoms. The van der Waals surface area contributed by atoms with Crippen LogP contribution in [-0.2, 0) is 5.41 Å². The molecule has 0 atom stereocenters. The molecule has 0 heterocycles. The van der Waals surface area contributed by atoms with Gasteiger partial charge in [0.25, 0.3) is 0 Å². The summed E-state index contributed by atoms with van der Waals surface area (Å²) in [4.78, 5) is 2.13. The lowest BCUT2D eigenvalue weighted by atomic mass is 9.86. The van der Waals surface area contributed by atoms with Gasteiger partial charge in [-0.05, 0) is 93.8 Å². The summed E-state index contributed by atoms with van der Waals surface area (Å²) in [5, 5.41) is 8.47. The van der Waals surface area contributed by atoms with Gasteiger partial charge >= 0.3 is 0 Å². The minimum atomic E-state index is 0.00552. The molecule has 0 unspecified atom stereocenters. The van der Waals surface area contributed by atoms with Crippen LogP contribution in [0.15, 0.2) is 84.0 Å². The van der Waals surface area contributed by atoms with Gasteiger partial charge in [0.15, 0.2) is 5.75 Å². The number of nitrogens with one attached hydrogen (secondary N) is 3. The van der Waals surface area contributed by atoms with Crippen LogP contribution >= 0.6 is 11.9 Å². The maximum absolute atomic E-state index is 5.97. The number of hydrogen-bond acceptors (Lipinski definition) is 8. The Hall–Kier alpha value is -3.75. The van der Waals surface area contributed by atoms with Crippen LogP contribution in [0, 0.1) is 6.92 Å². The minimum absolute atomic E-state index is 0.00552. The summed E-state index contributed by atoms with van der Waals surface area (Å²) in [6.45, 7) is 21.2. The lowest BCUT2D eigenvalue weighted by Crippen LogP contribution is -2.28. The van der Waals surface area contributed by atoms with Crippen molar-refractivity contribution in [3.63, 3.8) is 0 Å². The highest BCUT2D eigenvalue weighted by molar-refractivity contribution is 7.99. The van der Waals surface area contributed by atoms with E-state index in [1.807, 2.05) is 51.7 Å². The van der Waals surface area contributed by atoms with Crippen molar-refractivity contribution in [3.05, 3.63) is 101 Å². The molecule has 0 bridgehead atoms. The van der Waals surface area contributed by atoms with Crippen molar-refractivity contribution < 1.29 is 4.74 Å². The standard InChI is InChI=1S/C27H40N4OS.C12H22N2/c1-10-11-22(20-13-12-19(2)25(16-20)31(7)15-14-28-6)29-23-17-21(27(3,4)5)18-24(30-33-9)26(23)32-8;1-6-8-9-12(7-2)14(13)11(5)10(3)4/h11-18,28-30H,10H2,1-9H3;7-9H,6,13H2,1-5H3/b15-14-,22-11-;9-8-,12-7+. The molecule has 260 valence electrons. The van der Waals surface area contributed by atoms with Crippen molar-refractivity contribution in [3.8, 4) is 5.75 Å². The lowest BCUT2D eigenvalue weighted by Gasteiger charge is -2.25. The van der Waals surface area contributed by atoms with Gasteiger partial charge < -0.3 is 25.0 Å². The van der Waals surface area contributed by atoms with Crippen LogP contribution in [0.3, 0.4) is 0 Å². The van der Waals surface area contributed by atoms with Crippen molar-refractivity contribution in [1.82, 2.24) is 10.3 Å². The summed E-state index contributed by atoms with van der Waals surface area (Å²) in [6, 6.07) is 10.9. The van der Waals surface area contributed by atoms with Gasteiger partial charge in [0.2, 0.25) is 0 Å². The molecule has 0 aromatic heterocycles. The van der Waals surface area contributed by atoms with Gasteiger partial charge in [-0.25, -0.2) is 5.84 Å². The summed E-state index contributed by atoms with van der Waals surface area (Å²) in [6.07, 6.45) is 16.3. The number of nitrogens with two attached hydrogens (primary N) is 1. The van der Waals surface area contributed by atoms with Crippen LogP contribution in [0.4, 0.5) is 17.1 Å². The van der Waals surface area contributed by atoms with Gasteiger partial charge in [-0.1, -0.05) is 82.5 Å². The predicted octanol–water partition coefficient (Wildman–Crippen LogP) is 10.3. The molecular formula is C39H62N6OS. The third-order valence-electron chi connectivity index (χ3n) is 7.60. The Balaban J connectivity index is 0.000000663. The molecule has 0 radical (unpaired) electrons. The quantitative estimate of drug-likeness (QED) is 0.0689. The smallest absolute Gasteiger partial charge is 0.166 e. The minimum Gasteiger partial charge on any atom is -0.492 e. The Bertz CT molecular complexity index is 1430. The molecule has 8 heteroatoms. The van der Waals surface area contributed by atoms with Crippen LogP contribution in [0.2, 0.25) is 0 Å². The first-order chi connectivity index (χ1) is 22.2. The largest absolute Gasteiger partial charge is 0.492 e. The van der Waals surface area contributed by atoms with E-state index in [2.05, 4.69) is 125 Å². The van der Waals surface area contributed by atoms with Crippen LogP contribution in [0.25, 0.3) is 5.70 Å². The van der Waals surface area contributed by atoms with E-state index in [0.29, 0.717) is 0 Å². The fourth-order valence-corrected chi connectivity index (χ4v) is 4.93. The van der Waals surface area contributed by atoms with Crippen molar-refractivity contribution in [2.45, 2.75) is 87.5 Å². The maximum Gasteiger partial charge on any atom is 0.166 e. The van der Waals surface area contributed by atoms with E-state index >= 15 is 0 Å². The van der Waals surface area contributed by atoms with E-state index in [1.165, 1.54) is 16.7 Å². The van der Waals surface area contributed by atoms with Gasteiger partial charge in [-0.3, -0.25) is 5.01 Å². The summed E-state index contributed by atoms with van der Waals surface area (Å²) in [7, 11) is 5.69. The average molecular weight is 663 g/mol. The van der Waals surface area contributed by atoms with Crippen LogP contribution in [-0.4, -0.2) is 32.5 Å². The molecule has 2 aromatic rings. The first kappa shape index (κ1) is 41.3. The zero-order valence-corrected chi connectivity index (χ0v) is 32.4. The topological polar surface area (TPSA) is 77.8 Å². The van der Waals surface area contributed by atoms with Crippen molar-refractivity contribution in [1.29, 1.82) is 0 Å². The van der Waals surface area contributed by atoms with Crippen molar-refractivity contribution in [2.75, 3.05) is 42.4 Å². The number of nitrogens with zero attached hydrogens (tertiary/aromatic N) is 2. The number of hydrogen-bond donors (Lipinski definition) is 4. The zero-order valence-electron chi connectivity index (χ0n) is 31.6. The van der Waals surface area contributed by atoms with E-state index in [4.69, 9.17) is 10.6 Å². The normalized spacial score (nSPS) is 12.1. The fourth-order valence-electron chi connectivity index (χ4n) is 4.56. The molecule has 7 nitrogen and oxygen atoms in total. The number of benzene rings is 2. The van der Waals surface area contributed by atoms with Crippen molar-refractivity contribution >= 4 is 34.7 Å². The van der Waals surface area contributed by atoms with Crippen LogP contribution in [0.5, 0.6) is 5.75 Å². The maximum atomic E-state index is 5.97. The molecule has 0 aliphatic carbocycles. The molecule has 2 rings (SSSR count). The van der Waals surface area contributed by atoms with Gasteiger partial charge in [0, 0.05) is 49.8 Å². The zero-order chi connectivity index (χ0) is 35.7. The van der Waals surface area contributed by atoms with Gasteiger partial charge in [-0.2, -0.15) is 0 Å². The molecule has 0 saturated heterocycles. The van der Waals surface area contributed by atoms with Crippen LogP contribution in [0.1, 0.15) is 91.8 Å². The number of methoxy groups -OCH3 is 1. The highest BCUT2D eigenvalue weighted by atomic mass is 32.2. The van der Waals surface area contributed by atoms with E-state index in [1.54, 1.807) is 24.1 Å². The first-order valence-electron chi connectivity index (χ1n) is 16.4. The van der Waals surface area contributed by atoms with E-state index < -0.39 is 0 Å². The Morgan fingerprint density at radius 1 is 1.04 bits per heavy atom. The molecule has 0 spiro atoms. The molecule has 0 aliphatic heterocycles. The van der Waals surface area contributed by atoms with E-state index in [0.717, 1.165) is 58.3 Å². The van der Waals surface area contributed by atoms with Gasteiger partial charge in [-0.15, -0.1) is 0 Å². The van der Waals surface area contributed by atoms with E-state index in [9.17, 15) is 0 Å². The summed E-state index contributed by atoms with van der Waals surface area (Å²) >= 11 is 1.56. The summed E-state index contributed by atoms with van der Waals surface area (Å²) < 4.78 is 9.24. The number of hydrazine groups is 1. The summed E-state index contributed by atoms with van der Waals surface area (Å²) in [5.74, 6) is 6.78. The van der Waals surface area contributed by atoms with E-state index in [-0.39, 0.29) is 5.41 Å². The van der Waals surface area contributed by atoms with Gasteiger partial charge in [0.05, 0.1) is 24.2 Å². The first-order valence-corrected chi connectivity index (χ1v) is 17.6. The molecule has 2 aromatic carbocycles.